The van der Waals surface area contributed by atoms with E-state index in [1.807, 2.05) is 11.9 Å². The van der Waals surface area contributed by atoms with E-state index < -0.39 is 11.9 Å². The van der Waals surface area contributed by atoms with E-state index in [0.717, 1.165) is 19.4 Å². The second-order valence-corrected chi connectivity index (χ2v) is 7.96. The van der Waals surface area contributed by atoms with E-state index in [1.165, 1.54) is 28.5 Å². The van der Waals surface area contributed by atoms with Crippen LogP contribution in [-0.4, -0.2) is 76.0 Å². The van der Waals surface area contributed by atoms with Gasteiger partial charge in [0.25, 0.3) is 5.91 Å². The fraction of sp³-hybridized carbons (Fsp3) is 0.476. The number of imidazole rings is 1. The van der Waals surface area contributed by atoms with Crippen molar-refractivity contribution in [2.75, 3.05) is 37.9 Å². The SMILES string of the molecule is COC(=O)c1cc(NC(=O)c2nc(NC(=O)CCNC(=O)C3CCCN3C)cn2C)cn1C. The van der Waals surface area contributed by atoms with Gasteiger partial charge >= 0.3 is 5.97 Å². The quantitative estimate of drug-likeness (QED) is 0.484. The number of hydrogen-bond donors (Lipinski definition) is 3. The van der Waals surface area contributed by atoms with Crippen LogP contribution in [0.3, 0.4) is 0 Å². The predicted molar refractivity (Wildman–Crippen MR) is 120 cm³/mol. The first-order valence-corrected chi connectivity index (χ1v) is 10.6. The van der Waals surface area contributed by atoms with Crippen molar-refractivity contribution >= 4 is 35.2 Å². The number of likely N-dealkylation sites (N-methyl/N-ethyl adjacent to an activating group) is 1. The van der Waals surface area contributed by atoms with Gasteiger partial charge in [-0.3, -0.25) is 19.3 Å². The fourth-order valence-corrected chi connectivity index (χ4v) is 3.73. The van der Waals surface area contributed by atoms with Gasteiger partial charge < -0.3 is 29.8 Å². The molecule has 0 aromatic carbocycles. The average molecular weight is 460 g/mol. The molecular formula is C21H29N7O5. The first kappa shape index (κ1) is 24.0. The smallest absolute Gasteiger partial charge is 0.354 e. The first-order chi connectivity index (χ1) is 15.7. The number of aromatic nitrogens is 3. The summed E-state index contributed by atoms with van der Waals surface area (Å²) in [4.78, 5) is 54.9. The van der Waals surface area contributed by atoms with Crippen molar-refractivity contribution < 1.29 is 23.9 Å². The van der Waals surface area contributed by atoms with Gasteiger partial charge in [-0.2, -0.15) is 0 Å². The van der Waals surface area contributed by atoms with Crippen LogP contribution in [0.25, 0.3) is 0 Å². The summed E-state index contributed by atoms with van der Waals surface area (Å²) >= 11 is 0. The van der Waals surface area contributed by atoms with Crippen LogP contribution in [0.5, 0.6) is 0 Å². The second-order valence-electron chi connectivity index (χ2n) is 7.96. The van der Waals surface area contributed by atoms with Crippen molar-refractivity contribution in [1.82, 2.24) is 24.3 Å². The Morgan fingerprint density at radius 3 is 2.55 bits per heavy atom. The summed E-state index contributed by atoms with van der Waals surface area (Å²) in [5, 5.41) is 8.09. The first-order valence-electron chi connectivity index (χ1n) is 10.6. The molecule has 1 atom stereocenters. The standard InChI is InChI=1S/C21H29N7O5/c1-26-9-5-6-14(26)19(30)22-8-7-17(29)24-16-12-28(3)18(25-16)20(31)23-13-10-15(21(32)33-4)27(2)11-13/h10-12,14H,5-9H2,1-4H3,(H,22,30)(H,23,31)(H,24,29). The van der Waals surface area contributed by atoms with E-state index in [1.54, 1.807) is 20.3 Å². The molecule has 3 rings (SSSR count). The number of anilines is 2. The zero-order chi connectivity index (χ0) is 24.1. The molecule has 12 nitrogen and oxygen atoms in total. The molecule has 1 saturated heterocycles. The van der Waals surface area contributed by atoms with Crippen molar-refractivity contribution in [3.05, 3.63) is 30.0 Å². The lowest BCUT2D eigenvalue weighted by atomic mass is 10.2. The summed E-state index contributed by atoms with van der Waals surface area (Å²) in [5.41, 5.74) is 0.687. The minimum Gasteiger partial charge on any atom is -0.464 e. The Balaban J connectivity index is 1.52. The molecule has 1 aliphatic heterocycles. The Bertz CT molecular complexity index is 1060. The zero-order valence-electron chi connectivity index (χ0n) is 19.2. The van der Waals surface area contributed by atoms with E-state index in [4.69, 9.17) is 4.74 Å². The summed E-state index contributed by atoms with van der Waals surface area (Å²) < 4.78 is 7.71. The highest BCUT2D eigenvalue weighted by molar-refractivity contribution is 6.03. The van der Waals surface area contributed by atoms with Crippen LogP contribution in [-0.2, 0) is 28.4 Å². The zero-order valence-corrected chi connectivity index (χ0v) is 19.2. The number of ether oxygens (including phenoxy) is 1. The minimum absolute atomic E-state index is 0.0733. The van der Waals surface area contributed by atoms with E-state index in [2.05, 4.69) is 20.9 Å². The third-order valence-electron chi connectivity index (χ3n) is 5.48. The molecule has 0 spiro atoms. The highest BCUT2D eigenvalue weighted by Gasteiger charge is 2.27. The molecule has 3 N–H and O–H groups in total. The van der Waals surface area contributed by atoms with Crippen molar-refractivity contribution in [2.45, 2.75) is 25.3 Å². The van der Waals surface area contributed by atoms with Gasteiger partial charge in [-0.1, -0.05) is 0 Å². The number of carbonyl (C=O) groups is 4. The molecule has 33 heavy (non-hydrogen) atoms. The number of rotatable bonds is 8. The Kier molecular flexibility index (Phi) is 7.48. The molecule has 2 aromatic heterocycles. The highest BCUT2D eigenvalue weighted by atomic mass is 16.5. The molecule has 0 saturated carbocycles. The van der Waals surface area contributed by atoms with Gasteiger partial charge in [0.05, 0.1) is 18.8 Å². The largest absolute Gasteiger partial charge is 0.464 e. The molecule has 1 fully saturated rings. The summed E-state index contributed by atoms with van der Waals surface area (Å²) in [6.45, 7) is 1.11. The molecule has 12 heteroatoms. The molecule has 0 aliphatic carbocycles. The van der Waals surface area contributed by atoms with Gasteiger partial charge in [-0.25, -0.2) is 9.78 Å². The number of amides is 3. The third-order valence-corrected chi connectivity index (χ3v) is 5.48. The van der Waals surface area contributed by atoms with Gasteiger partial charge in [-0.15, -0.1) is 0 Å². The number of aryl methyl sites for hydroxylation is 2. The van der Waals surface area contributed by atoms with Gasteiger partial charge in [0, 0.05) is 39.5 Å². The molecule has 0 bridgehead atoms. The van der Waals surface area contributed by atoms with Crippen LogP contribution in [0.4, 0.5) is 11.5 Å². The van der Waals surface area contributed by atoms with Gasteiger partial charge in [0.2, 0.25) is 17.6 Å². The molecule has 2 aromatic rings. The topological polar surface area (TPSA) is 140 Å². The summed E-state index contributed by atoms with van der Waals surface area (Å²) in [5.74, 6) is -1.13. The van der Waals surface area contributed by atoms with E-state index >= 15 is 0 Å². The number of nitrogens with zero attached hydrogens (tertiary/aromatic N) is 4. The average Bonchev–Trinajstić information content (AvgIpc) is 3.45. The lowest BCUT2D eigenvalue weighted by Crippen LogP contribution is -2.42. The van der Waals surface area contributed by atoms with Crippen LogP contribution in [0.15, 0.2) is 18.5 Å². The number of methoxy groups -OCH3 is 1. The van der Waals surface area contributed by atoms with Gasteiger partial charge in [0.1, 0.15) is 5.69 Å². The molecule has 0 radical (unpaired) electrons. The van der Waals surface area contributed by atoms with Crippen LogP contribution < -0.4 is 16.0 Å². The van der Waals surface area contributed by atoms with Crippen molar-refractivity contribution in [3.8, 4) is 0 Å². The van der Waals surface area contributed by atoms with Crippen LogP contribution in [0.2, 0.25) is 0 Å². The van der Waals surface area contributed by atoms with Crippen LogP contribution in [0, 0.1) is 0 Å². The minimum atomic E-state index is -0.522. The predicted octanol–water partition coefficient (Wildman–Crippen LogP) is 0.337. The summed E-state index contributed by atoms with van der Waals surface area (Å²) in [7, 11) is 6.47. The lowest BCUT2D eigenvalue weighted by Gasteiger charge is -2.18. The van der Waals surface area contributed by atoms with Crippen LogP contribution in [0.1, 0.15) is 40.4 Å². The van der Waals surface area contributed by atoms with Gasteiger partial charge in [-0.05, 0) is 32.5 Å². The van der Waals surface area contributed by atoms with Crippen molar-refractivity contribution in [2.24, 2.45) is 14.1 Å². The molecule has 1 aliphatic rings. The van der Waals surface area contributed by atoms with E-state index in [-0.39, 0.29) is 48.2 Å². The number of carbonyl (C=O) groups excluding carboxylic acids is 4. The fourth-order valence-electron chi connectivity index (χ4n) is 3.73. The van der Waals surface area contributed by atoms with Crippen molar-refractivity contribution in [1.29, 1.82) is 0 Å². The monoisotopic (exact) mass is 459 g/mol. The number of likely N-dealkylation sites (tertiary alicyclic amines) is 1. The van der Waals surface area contributed by atoms with Gasteiger partial charge in [0.15, 0.2) is 5.82 Å². The lowest BCUT2D eigenvalue weighted by molar-refractivity contribution is -0.125. The Hall–Kier alpha value is -3.67. The summed E-state index contributed by atoms with van der Waals surface area (Å²) in [6, 6.07) is 1.35. The van der Waals surface area contributed by atoms with E-state index in [9.17, 15) is 19.2 Å². The highest BCUT2D eigenvalue weighted by Crippen LogP contribution is 2.16. The molecular weight excluding hydrogens is 430 g/mol. The molecule has 3 heterocycles. The Morgan fingerprint density at radius 2 is 1.88 bits per heavy atom. The maximum absolute atomic E-state index is 12.6. The molecule has 1 unspecified atom stereocenters. The normalized spacial score (nSPS) is 15.8. The summed E-state index contributed by atoms with van der Waals surface area (Å²) in [6.07, 6.45) is 4.99. The number of hydrogen-bond acceptors (Lipinski definition) is 7. The van der Waals surface area contributed by atoms with Crippen molar-refractivity contribution in [3.63, 3.8) is 0 Å². The number of nitrogens with one attached hydrogen (secondary N) is 3. The third kappa shape index (κ3) is 5.77. The Morgan fingerprint density at radius 1 is 1.12 bits per heavy atom. The van der Waals surface area contributed by atoms with E-state index in [0.29, 0.717) is 5.69 Å². The maximum Gasteiger partial charge on any atom is 0.354 e. The maximum atomic E-state index is 12.6. The molecule has 178 valence electrons. The van der Waals surface area contributed by atoms with Crippen LogP contribution >= 0.6 is 0 Å². The Labute approximate surface area is 191 Å². The second kappa shape index (κ2) is 10.3. The number of esters is 1. The molecule has 3 amide bonds.